The van der Waals surface area contributed by atoms with Gasteiger partial charge in [0.25, 0.3) is 0 Å². The van der Waals surface area contributed by atoms with Gasteiger partial charge in [-0.05, 0) is 61.7 Å². The average molecular weight is 416 g/mol. The normalized spacial score (nSPS) is 18.0. The van der Waals surface area contributed by atoms with Gasteiger partial charge in [0.1, 0.15) is 5.25 Å². The molecule has 146 valence electrons. The number of amides is 2. The van der Waals surface area contributed by atoms with E-state index in [9.17, 15) is 9.59 Å². The molecule has 2 aromatic rings. The summed E-state index contributed by atoms with van der Waals surface area (Å²) >= 11 is 7.30. The second kappa shape index (κ2) is 8.37. The van der Waals surface area contributed by atoms with E-state index in [0.717, 1.165) is 28.1 Å². The molecule has 1 aliphatic heterocycles. The largest absolute Gasteiger partial charge is 0.326 e. The van der Waals surface area contributed by atoms with Crippen LogP contribution in [-0.4, -0.2) is 34.2 Å². The number of halogens is 1. The van der Waals surface area contributed by atoms with E-state index in [-0.39, 0.29) is 18.2 Å². The molecule has 3 rings (SSSR count). The van der Waals surface area contributed by atoms with Gasteiger partial charge < -0.3 is 5.32 Å². The van der Waals surface area contributed by atoms with E-state index >= 15 is 0 Å². The predicted octanol–water partition coefficient (Wildman–Crippen LogP) is 4.86. The summed E-state index contributed by atoms with van der Waals surface area (Å²) in [4.78, 5) is 31.2. The van der Waals surface area contributed by atoms with E-state index in [2.05, 4.69) is 10.3 Å². The van der Waals surface area contributed by atoms with Crippen molar-refractivity contribution in [2.45, 2.75) is 32.4 Å². The van der Waals surface area contributed by atoms with Crippen molar-refractivity contribution in [1.29, 1.82) is 0 Å². The van der Waals surface area contributed by atoms with Crippen LogP contribution in [0.15, 0.2) is 41.4 Å². The summed E-state index contributed by atoms with van der Waals surface area (Å²) in [5.74, 6) is -0.302. The first-order chi connectivity index (χ1) is 13.2. The van der Waals surface area contributed by atoms with Crippen LogP contribution in [0.25, 0.3) is 0 Å². The Bertz CT molecular complexity index is 974. The van der Waals surface area contributed by atoms with Gasteiger partial charge in [0, 0.05) is 24.2 Å². The summed E-state index contributed by atoms with van der Waals surface area (Å²) in [6.45, 7) is 5.83. The number of rotatable bonds is 4. The molecule has 1 heterocycles. The van der Waals surface area contributed by atoms with Crippen molar-refractivity contribution in [2.75, 3.05) is 12.4 Å². The molecule has 7 heteroatoms. The standard InChI is InChI=1S/C21H22ClN3O2S/c1-12-5-6-13(2)17(9-12)23-19(26)11-18-20(27)25(4)21(28-18)24-16-8-7-15(22)10-14(16)3/h5-10,18H,11H2,1-4H3,(H,23,26). The molecule has 1 N–H and O–H groups in total. The number of aryl methyl sites for hydroxylation is 3. The molecule has 0 aromatic heterocycles. The Morgan fingerprint density at radius 1 is 1.18 bits per heavy atom. The Labute approximate surface area is 174 Å². The summed E-state index contributed by atoms with van der Waals surface area (Å²) in [7, 11) is 1.68. The molecular weight excluding hydrogens is 394 g/mol. The third kappa shape index (κ3) is 4.56. The van der Waals surface area contributed by atoms with Crippen LogP contribution in [0.2, 0.25) is 5.02 Å². The van der Waals surface area contributed by atoms with Gasteiger partial charge in [-0.3, -0.25) is 14.5 Å². The predicted molar refractivity (Wildman–Crippen MR) is 117 cm³/mol. The molecule has 1 fully saturated rings. The molecule has 0 radical (unpaired) electrons. The van der Waals surface area contributed by atoms with Crippen molar-refractivity contribution in [3.63, 3.8) is 0 Å². The van der Waals surface area contributed by atoms with Gasteiger partial charge in [-0.1, -0.05) is 35.5 Å². The fraction of sp³-hybridized carbons (Fsp3) is 0.286. The monoisotopic (exact) mass is 415 g/mol. The van der Waals surface area contributed by atoms with E-state index in [0.29, 0.717) is 10.2 Å². The molecule has 0 spiro atoms. The van der Waals surface area contributed by atoms with E-state index in [4.69, 9.17) is 11.6 Å². The van der Waals surface area contributed by atoms with Crippen LogP contribution in [0.1, 0.15) is 23.1 Å². The molecule has 0 aliphatic carbocycles. The first kappa shape index (κ1) is 20.4. The number of thioether (sulfide) groups is 1. The summed E-state index contributed by atoms with van der Waals surface area (Å²) < 4.78 is 0. The molecule has 0 saturated carbocycles. The molecule has 0 bridgehead atoms. The number of hydrogen-bond acceptors (Lipinski definition) is 4. The highest BCUT2D eigenvalue weighted by molar-refractivity contribution is 8.15. The Hall–Kier alpha value is -2.31. The molecular formula is C21H22ClN3O2S. The van der Waals surface area contributed by atoms with Crippen LogP contribution >= 0.6 is 23.4 Å². The topological polar surface area (TPSA) is 61.8 Å². The van der Waals surface area contributed by atoms with Gasteiger partial charge in [0.05, 0.1) is 5.69 Å². The Morgan fingerprint density at radius 2 is 1.93 bits per heavy atom. The van der Waals surface area contributed by atoms with Crippen molar-refractivity contribution in [1.82, 2.24) is 4.90 Å². The van der Waals surface area contributed by atoms with Crippen LogP contribution in [0.3, 0.4) is 0 Å². The molecule has 1 aliphatic rings. The summed E-state index contributed by atoms with van der Waals surface area (Å²) in [5.41, 5.74) is 4.52. The number of aliphatic imine (C=N–C) groups is 1. The van der Waals surface area contributed by atoms with E-state index in [1.165, 1.54) is 16.7 Å². The lowest BCUT2D eigenvalue weighted by Gasteiger charge is -2.11. The fourth-order valence-electron chi connectivity index (χ4n) is 2.88. The smallest absolute Gasteiger partial charge is 0.242 e. The molecule has 1 unspecified atom stereocenters. The highest BCUT2D eigenvalue weighted by Crippen LogP contribution is 2.32. The first-order valence-corrected chi connectivity index (χ1v) is 10.2. The highest BCUT2D eigenvalue weighted by atomic mass is 35.5. The van der Waals surface area contributed by atoms with E-state index < -0.39 is 5.25 Å². The number of carbonyl (C=O) groups is 2. The maximum Gasteiger partial charge on any atom is 0.242 e. The number of carbonyl (C=O) groups excluding carboxylic acids is 2. The first-order valence-electron chi connectivity index (χ1n) is 8.91. The minimum absolute atomic E-state index is 0.0971. The second-order valence-electron chi connectivity index (χ2n) is 6.90. The van der Waals surface area contributed by atoms with Crippen LogP contribution in [0.5, 0.6) is 0 Å². The fourth-order valence-corrected chi connectivity index (χ4v) is 4.26. The van der Waals surface area contributed by atoms with Crippen molar-refractivity contribution in [3.8, 4) is 0 Å². The molecule has 2 amide bonds. The van der Waals surface area contributed by atoms with Crippen LogP contribution in [0.4, 0.5) is 11.4 Å². The third-order valence-corrected chi connectivity index (χ3v) is 6.02. The second-order valence-corrected chi connectivity index (χ2v) is 8.51. The summed E-state index contributed by atoms with van der Waals surface area (Å²) in [6.07, 6.45) is 0.0971. The lowest BCUT2D eigenvalue weighted by Crippen LogP contribution is -2.30. The van der Waals surface area contributed by atoms with Crippen molar-refractivity contribution in [3.05, 3.63) is 58.1 Å². The van der Waals surface area contributed by atoms with E-state index in [1.807, 2.05) is 51.1 Å². The number of anilines is 1. The quantitative estimate of drug-likeness (QED) is 0.775. The zero-order valence-electron chi connectivity index (χ0n) is 16.2. The number of nitrogens with one attached hydrogen (secondary N) is 1. The van der Waals surface area contributed by atoms with Gasteiger partial charge >= 0.3 is 0 Å². The maximum atomic E-state index is 12.6. The van der Waals surface area contributed by atoms with Crippen molar-refractivity contribution >= 4 is 51.7 Å². The summed E-state index contributed by atoms with van der Waals surface area (Å²) in [5, 5.41) is 3.66. The molecule has 1 atom stereocenters. The lowest BCUT2D eigenvalue weighted by atomic mass is 10.1. The lowest BCUT2D eigenvalue weighted by molar-refractivity contribution is -0.127. The van der Waals surface area contributed by atoms with Gasteiger partial charge in [-0.25, -0.2) is 4.99 Å². The minimum atomic E-state index is -0.485. The Kier molecular flexibility index (Phi) is 6.10. The molecule has 5 nitrogen and oxygen atoms in total. The van der Waals surface area contributed by atoms with Crippen LogP contribution < -0.4 is 5.32 Å². The number of nitrogens with zero attached hydrogens (tertiary/aromatic N) is 2. The van der Waals surface area contributed by atoms with Gasteiger partial charge in [0.2, 0.25) is 11.8 Å². The molecule has 1 saturated heterocycles. The highest BCUT2D eigenvalue weighted by Gasteiger charge is 2.37. The maximum absolute atomic E-state index is 12.6. The van der Waals surface area contributed by atoms with Crippen molar-refractivity contribution in [2.24, 2.45) is 4.99 Å². The van der Waals surface area contributed by atoms with Crippen LogP contribution in [0, 0.1) is 20.8 Å². The zero-order chi connectivity index (χ0) is 20.4. The molecule has 2 aromatic carbocycles. The van der Waals surface area contributed by atoms with Gasteiger partial charge in [0.15, 0.2) is 5.17 Å². The van der Waals surface area contributed by atoms with Gasteiger partial charge in [-0.15, -0.1) is 0 Å². The Balaban J connectivity index is 1.71. The number of hydrogen-bond donors (Lipinski definition) is 1. The third-order valence-electron chi connectivity index (χ3n) is 4.55. The minimum Gasteiger partial charge on any atom is -0.326 e. The number of amidine groups is 1. The zero-order valence-corrected chi connectivity index (χ0v) is 17.8. The van der Waals surface area contributed by atoms with Crippen LogP contribution in [-0.2, 0) is 9.59 Å². The Morgan fingerprint density at radius 3 is 2.64 bits per heavy atom. The summed E-state index contributed by atoms with van der Waals surface area (Å²) in [6, 6.07) is 11.3. The number of benzene rings is 2. The average Bonchev–Trinajstić information content (AvgIpc) is 2.88. The van der Waals surface area contributed by atoms with E-state index in [1.54, 1.807) is 13.1 Å². The van der Waals surface area contributed by atoms with Crippen molar-refractivity contribution < 1.29 is 9.59 Å². The van der Waals surface area contributed by atoms with Gasteiger partial charge in [-0.2, -0.15) is 0 Å². The SMILES string of the molecule is Cc1ccc(C)c(NC(=O)CC2SC(=Nc3ccc(Cl)cc3C)N(C)C2=O)c1. The molecule has 28 heavy (non-hydrogen) atoms.